The van der Waals surface area contributed by atoms with Crippen molar-refractivity contribution in [2.45, 2.75) is 128 Å². The zero-order chi connectivity index (χ0) is 20.9. The Labute approximate surface area is 173 Å². The van der Waals surface area contributed by atoms with Crippen molar-refractivity contribution in [1.82, 2.24) is 5.06 Å². The molecule has 28 heavy (non-hydrogen) atoms. The minimum atomic E-state index is -0.472. The SMILES string of the molecule is CC[C@]1(CCCCCCCCCCCCCCC(=O)OC)OCC(C)(C)N1O. The van der Waals surface area contributed by atoms with Crippen molar-refractivity contribution in [3.05, 3.63) is 0 Å². The number of rotatable bonds is 16. The van der Waals surface area contributed by atoms with Gasteiger partial charge in [-0.25, -0.2) is 0 Å². The van der Waals surface area contributed by atoms with E-state index in [1.54, 1.807) is 0 Å². The standard InChI is InChI=1S/C23H45NO4/c1-5-23(24(26)22(2,3)20-28-23)19-17-15-13-11-9-7-6-8-10-12-14-16-18-21(25)27-4/h26H,5-20H2,1-4H3/t23-/m1/s1. The highest BCUT2D eigenvalue weighted by Crippen LogP contribution is 2.39. The summed E-state index contributed by atoms with van der Waals surface area (Å²) in [5.41, 5.74) is -0.752. The van der Waals surface area contributed by atoms with Gasteiger partial charge in [-0.05, 0) is 39.5 Å². The van der Waals surface area contributed by atoms with Gasteiger partial charge in [0.2, 0.25) is 0 Å². The highest BCUT2D eigenvalue weighted by atomic mass is 16.6. The first-order valence-electron chi connectivity index (χ1n) is 11.6. The van der Waals surface area contributed by atoms with Gasteiger partial charge < -0.3 is 14.7 Å². The van der Waals surface area contributed by atoms with Gasteiger partial charge in [0.25, 0.3) is 0 Å². The number of hydrogen-bond donors (Lipinski definition) is 1. The van der Waals surface area contributed by atoms with Gasteiger partial charge in [0.15, 0.2) is 0 Å². The summed E-state index contributed by atoms with van der Waals surface area (Å²) in [6, 6.07) is 0. The van der Waals surface area contributed by atoms with Crippen LogP contribution in [-0.2, 0) is 14.3 Å². The number of unbranched alkanes of at least 4 members (excludes halogenated alkanes) is 11. The van der Waals surface area contributed by atoms with Crippen LogP contribution in [0.1, 0.15) is 117 Å². The Morgan fingerprint density at radius 2 is 1.39 bits per heavy atom. The molecule has 1 aliphatic heterocycles. The van der Waals surface area contributed by atoms with Gasteiger partial charge in [-0.15, -0.1) is 0 Å². The zero-order valence-corrected chi connectivity index (χ0v) is 18.9. The molecule has 0 aromatic heterocycles. The third-order valence-corrected chi connectivity index (χ3v) is 6.13. The van der Waals surface area contributed by atoms with Crippen LogP contribution in [-0.4, -0.2) is 41.2 Å². The summed E-state index contributed by atoms with van der Waals surface area (Å²) in [6.45, 7) is 6.77. The molecule has 0 aromatic carbocycles. The number of esters is 1. The average Bonchev–Trinajstić information content (AvgIpc) is 2.92. The maximum Gasteiger partial charge on any atom is 0.305 e. The van der Waals surface area contributed by atoms with Crippen LogP contribution in [0.5, 0.6) is 0 Å². The zero-order valence-electron chi connectivity index (χ0n) is 18.9. The molecule has 0 aromatic rings. The molecule has 1 rings (SSSR count). The summed E-state index contributed by atoms with van der Waals surface area (Å²) in [5.74, 6) is -0.0850. The van der Waals surface area contributed by atoms with Crippen LogP contribution in [0.15, 0.2) is 0 Å². The number of hydrogen-bond acceptors (Lipinski definition) is 5. The summed E-state index contributed by atoms with van der Waals surface area (Å²) in [6.07, 6.45) is 17.2. The smallest absolute Gasteiger partial charge is 0.305 e. The number of methoxy groups -OCH3 is 1. The Hall–Kier alpha value is -0.650. The topological polar surface area (TPSA) is 59.0 Å². The molecule has 1 atom stereocenters. The van der Waals surface area contributed by atoms with Crippen molar-refractivity contribution in [3.63, 3.8) is 0 Å². The van der Waals surface area contributed by atoms with Crippen molar-refractivity contribution in [3.8, 4) is 0 Å². The van der Waals surface area contributed by atoms with E-state index in [0.717, 1.165) is 32.1 Å². The molecule has 0 spiro atoms. The van der Waals surface area contributed by atoms with Gasteiger partial charge in [-0.3, -0.25) is 4.79 Å². The van der Waals surface area contributed by atoms with Gasteiger partial charge in [0, 0.05) is 6.42 Å². The van der Waals surface area contributed by atoms with Crippen molar-refractivity contribution < 1.29 is 19.5 Å². The molecule has 1 fully saturated rings. The minimum absolute atomic E-state index is 0.0850. The van der Waals surface area contributed by atoms with Crippen LogP contribution in [0.2, 0.25) is 0 Å². The monoisotopic (exact) mass is 399 g/mol. The maximum absolute atomic E-state index is 11.0. The second-order valence-electron chi connectivity index (χ2n) is 9.03. The summed E-state index contributed by atoms with van der Waals surface area (Å²) >= 11 is 0. The van der Waals surface area contributed by atoms with E-state index < -0.39 is 5.72 Å². The van der Waals surface area contributed by atoms with Crippen LogP contribution in [0.25, 0.3) is 0 Å². The van der Waals surface area contributed by atoms with Crippen molar-refractivity contribution in [2.75, 3.05) is 13.7 Å². The number of carbonyl (C=O) groups is 1. The van der Waals surface area contributed by atoms with E-state index >= 15 is 0 Å². The van der Waals surface area contributed by atoms with Gasteiger partial charge in [-0.2, -0.15) is 5.06 Å². The lowest BCUT2D eigenvalue weighted by atomic mass is 9.98. The lowest BCUT2D eigenvalue weighted by Gasteiger charge is -2.36. The van der Waals surface area contributed by atoms with Crippen LogP contribution in [0.3, 0.4) is 0 Å². The van der Waals surface area contributed by atoms with Crippen molar-refractivity contribution >= 4 is 5.97 Å². The van der Waals surface area contributed by atoms with E-state index in [-0.39, 0.29) is 11.5 Å². The van der Waals surface area contributed by atoms with E-state index in [1.807, 2.05) is 13.8 Å². The Kier molecular flexibility index (Phi) is 12.3. The van der Waals surface area contributed by atoms with Crippen molar-refractivity contribution in [1.29, 1.82) is 0 Å². The fraction of sp³-hybridized carbons (Fsp3) is 0.957. The Morgan fingerprint density at radius 1 is 0.929 bits per heavy atom. The number of carbonyl (C=O) groups excluding carboxylic acids is 1. The van der Waals surface area contributed by atoms with Gasteiger partial charge in [0.1, 0.15) is 5.72 Å². The lowest BCUT2D eigenvalue weighted by molar-refractivity contribution is -0.254. The molecule has 0 saturated carbocycles. The molecule has 1 heterocycles. The molecular formula is C23H45NO4. The second-order valence-corrected chi connectivity index (χ2v) is 9.03. The largest absolute Gasteiger partial charge is 0.469 e. The summed E-state index contributed by atoms with van der Waals surface area (Å²) in [7, 11) is 1.46. The Balaban J connectivity index is 1.91. The summed E-state index contributed by atoms with van der Waals surface area (Å²) < 4.78 is 10.6. The first-order chi connectivity index (χ1) is 13.4. The van der Waals surface area contributed by atoms with Gasteiger partial charge in [-0.1, -0.05) is 71.1 Å². The predicted molar refractivity (Wildman–Crippen MR) is 113 cm³/mol. The molecular weight excluding hydrogens is 354 g/mol. The van der Waals surface area contributed by atoms with E-state index in [2.05, 4.69) is 11.7 Å². The Morgan fingerprint density at radius 3 is 1.79 bits per heavy atom. The molecule has 166 valence electrons. The van der Waals surface area contributed by atoms with Crippen molar-refractivity contribution in [2.24, 2.45) is 0 Å². The molecule has 0 bridgehead atoms. The predicted octanol–water partition coefficient (Wildman–Crippen LogP) is 6.23. The van der Waals surface area contributed by atoms with E-state index in [4.69, 9.17) is 4.74 Å². The molecule has 1 N–H and O–H groups in total. The normalized spacial score (nSPS) is 21.9. The van der Waals surface area contributed by atoms with Gasteiger partial charge in [0.05, 0.1) is 19.3 Å². The second kappa shape index (κ2) is 13.6. The van der Waals surface area contributed by atoms with Crippen LogP contribution in [0, 0.1) is 0 Å². The number of nitrogens with zero attached hydrogens (tertiary/aromatic N) is 1. The molecule has 0 aliphatic carbocycles. The average molecular weight is 400 g/mol. The Bertz CT molecular complexity index is 427. The molecule has 1 saturated heterocycles. The highest BCUT2D eigenvalue weighted by molar-refractivity contribution is 5.68. The van der Waals surface area contributed by atoms with Crippen LogP contribution in [0.4, 0.5) is 0 Å². The van der Waals surface area contributed by atoms with E-state index in [1.165, 1.54) is 70.0 Å². The number of ether oxygens (including phenoxy) is 2. The van der Waals surface area contributed by atoms with Crippen LogP contribution < -0.4 is 0 Å². The fourth-order valence-electron chi connectivity index (χ4n) is 4.13. The minimum Gasteiger partial charge on any atom is -0.469 e. The number of hydroxylamine groups is 2. The third-order valence-electron chi connectivity index (χ3n) is 6.13. The molecule has 0 amide bonds. The van der Waals surface area contributed by atoms with Crippen LogP contribution >= 0.6 is 0 Å². The quantitative estimate of drug-likeness (QED) is 0.246. The van der Waals surface area contributed by atoms with E-state index in [0.29, 0.717) is 13.0 Å². The molecule has 5 heteroatoms. The molecule has 5 nitrogen and oxygen atoms in total. The third kappa shape index (κ3) is 8.79. The first-order valence-corrected chi connectivity index (χ1v) is 11.6. The molecule has 0 unspecified atom stereocenters. The maximum atomic E-state index is 11.0. The highest BCUT2D eigenvalue weighted by Gasteiger charge is 2.49. The molecule has 0 radical (unpaired) electrons. The molecule has 1 aliphatic rings. The summed E-state index contributed by atoms with van der Waals surface area (Å²) in [5, 5.41) is 11.9. The fourth-order valence-corrected chi connectivity index (χ4v) is 4.13. The van der Waals surface area contributed by atoms with Gasteiger partial charge >= 0.3 is 5.97 Å². The van der Waals surface area contributed by atoms with E-state index in [9.17, 15) is 10.0 Å². The lowest BCUT2D eigenvalue weighted by Crippen LogP contribution is -2.49. The summed E-state index contributed by atoms with van der Waals surface area (Å²) in [4.78, 5) is 11.0. The first kappa shape index (κ1) is 25.4.